The third-order valence-corrected chi connectivity index (χ3v) is 4.28. The standard InChI is InChI=1S/C19H17F3N4O2/c20-19(21,22)14-3-5-15(6-4-14)25-18(27)26-9-1-2-16(12-26)28-17-10-13(11-23)7-8-24-17/h3-8,10,16H,1-2,9,12H2,(H,25,27)/t16-/m1/s1. The fourth-order valence-corrected chi connectivity index (χ4v) is 2.88. The highest BCUT2D eigenvalue weighted by Gasteiger charge is 2.30. The van der Waals surface area contributed by atoms with Crippen LogP contribution in [-0.4, -0.2) is 35.1 Å². The molecule has 0 spiro atoms. The number of anilines is 1. The number of amides is 2. The fraction of sp³-hybridized carbons (Fsp3) is 0.316. The quantitative estimate of drug-likeness (QED) is 0.858. The number of hydrogen-bond acceptors (Lipinski definition) is 4. The number of piperidine rings is 1. The molecular weight excluding hydrogens is 373 g/mol. The van der Waals surface area contributed by atoms with Gasteiger partial charge in [-0.25, -0.2) is 9.78 Å². The number of likely N-dealkylation sites (tertiary alicyclic amines) is 1. The number of aromatic nitrogens is 1. The van der Waals surface area contributed by atoms with Gasteiger partial charge < -0.3 is 15.0 Å². The molecule has 0 bridgehead atoms. The average molecular weight is 390 g/mol. The predicted molar refractivity (Wildman–Crippen MR) is 94.6 cm³/mol. The van der Waals surface area contributed by atoms with Gasteiger partial charge in [0.1, 0.15) is 6.10 Å². The number of rotatable bonds is 3. The normalized spacial score (nSPS) is 16.9. The van der Waals surface area contributed by atoms with Crippen molar-refractivity contribution in [3.05, 3.63) is 53.7 Å². The number of hydrogen-bond donors (Lipinski definition) is 1. The van der Waals surface area contributed by atoms with E-state index in [9.17, 15) is 18.0 Å². The molecule has 1 aromatic carbocycles. The number of carbonyl (C=O) groups excluding carboxylic acids is 1. The van der Waals surface area contributed by atoms with E-state index in [0.717, 1.165) is 18.6 Å². The van der Waals surface area contributed by atoms with Gasteiger partial charge in [-0.3, -0.25) is 0 Å². The molecule has 2 heterocycles. The minimum absolute atomic E-state index is 0.282. The molecule has 2 amide bonds. The first-order valence-electron chi connectivity index (χ1n) is 8.61. The van der Waals surface area contributed by atoms with Crippen molar-refractivity contribution in [3.63, 3.8) is 0 Å². The highest BCUT2D eigenvalue weighted by atomic mass is 19.4. The zero-order valence-corrected chi connectivity index (χ0v) is 14.7. The number of halogens is 3. The van der Waals surface area contributed by atoms with Gasteiger partial charge in [0.05, 0.1) is 23.7 Å². The zero-order valence-electron chi connectivity index (χ0n) is 14.7. The van der Waals surface area contributed by atoms with Gasteiger partial charge >= 0.3 is 12.2 Å². The molecule has 146 valence electrons. The first kappa shape index (κ1) is 19.5. The van der Waals surface area contributed by atoms with Crippen LogP contribution in [0.25, 0.3) is 0 Å². The lowest BCUT2D eigenvalue weighted by Gasteiger charge is -2.32. The number of benzene rings is 1. The first-order chi connectivity index (χ1) is 13.3. The van der Waals surface area contributed by atoms with E-state index < -0.39 is 17.8 Å². The van der Waals surface area contributed by atoms with Gasteiger partial charge in [-0.05, 0) is 43.2 Å². The van der Waals surface area contributed by atoms with Crippen LogP contribution in [0.3, 0.4) is 0 Å². The summed E-state index contributed by atoms with van der Waals surface area (Å²) in [6, 6.07) is 8.97. The Morgan fingerprint density at radius 1 is 1.29 bits per heavy atom. The Kier molecular flexibility index (Phi) is 5.68. The zero-order chi connectivity index (χ0) is 20.1. The molecule has 6 nitrogen and oxygen atoms in total. The van der Waals surface area contributed by atoms with Crippen molar-refractivity contribution in [2.45, 2.75) is 25.1 Å². The topological polar surface area (TPSA) is 78.2 Å². The van der Waals surface area contributed by atoms with Crippen molar-refractivity contribution in [2.75, 3.05) is 18.4 Å². The van der Waals surface area contributed by atoms with E-state index in [1.165, 1.54) is 24.4 Å². The molecule has 2 aromatic rings. The van der Waals surface area contributed by atoms with Gasteiger partial charge in [-0.2, -0.15) is 18.4 Å². The van der Waals surface area contributed by atoms with Gasteiger partial charge in [0.2, 0.25) is 5.88 Å². The molecule has 28 heavy (non-hydrogen) atoms. The van der Waals surface area contributed by atoms with E-state index in [4.69, 9.17) is 10.00 Å². The number of nitriles is 1. The van der Waals surface area contributed by atoms with E-state index in [0.29, 0.717) is 31.0 Å². The minimum atomic E-state index is -4.42. The highest BCUT2D eigenvalue weighted by Crippen LogP contribution is 2.30. The summed E-state index contributed by atoms with van der Waals surface area (Å²) < 4.78 is 43.6. The number of ether oxygens (including phenoxy) is 1. The summed E-state index contributed by atoms with van der Waals surface area (Å²) in [6.07, 6.45) is -1.79. The van der Waals surface area contributed by atoms with Crippen LogP contribution in [0, 0.1) is 11.3 Å². The van der Waals surface area contributed by atoms with Gasteiger partial charge in [-0.1, -0.05) is 0 Å². The Bertz CT molecular complexity index is 878. The summed E-state index contributed by atoms with van der Waals surface area (Å²) in [5.41, 5.74) is -0.0637. The monoisotopic (exact) mass is 390 g/mol. The van der Waals surface area contributed by atoms with E-state index in [2.05, 4.69) is 10.3 Å². The predicted octanol–water partition coefficient (Wildman–Crippen LogP) is 4.05. The van der Waals surface area contributed by atoms with Gasteiger partial charge in [0.25, 0.3) is 0 Å². The molecule has 3 rings (SSSR count). The van der Waals surface area contributed by atoms with Crippen LogP contribution in [-0.2, 0) is 6.18 Å². The molecular formula is C19H17F3N4O2. The fourth-order valence-electron chi connectivity index (χ4n) is 2.88. The second kappa shape index (κ2) is 8.17. The molecule has 1 N–H and O–H groups in total. The van der Waals surface area contributed by atoms with Gasteiger partial charge in [0.15, 0.2) is 0 Å². The van der Waals surface area contributed by atoms with Crippen LogP contribution in [0.4, 0.5) is 23.7 Å². The molecule has 1 saturated heterocycles. The molecule has 0 radical (unpaired) electrons. The lowest BCUT2D eigenvalue weighted by Crippen LogP contribution is -2.46. The maximum Gasteiger partial charge on any atom is 0.416 e. The second-order valence-corrected chi connectivity index (χ2v) is 6.33. The van der Waals surface area contributed by atoms with Crippen molar-refractivity contribution >= 4 is 11.7 Å². The third kappa shape index (κ3) is 4.91. The number of pyridine rings is 1. The number of nitrogens with one attached hydrogen (secondary N) is 1. The second-order valence-electron chi connectivity index (χ2n) is 6.33. The summed E-state index contributed by atoms with van der Waals surface area (Å²) in [6.45, 7) is 0.822. The SMILES string of the molecule is N#Cc1ccnc(O[C@@H]2CCCN(C(=O)Nc3ccc(C(F)(F)F)cc3)C2)c1. The maximum absolute atomic E-state index is 12.6. The summed E-state index contributed by atoms with van der Waals surface area (Å²) in [7, 11) is 0. The molecule has 1 aromatic heterocycles. The van der Waals surface area contributed by atoms with Crippen molar-refractivity contribution in [1.29, 1.82) is 5.26 Å². The van der Waals surface area contributed by atoms with Gasteiger partial charge in [-0.15, -0.1) is 0 Å². The number of nitrogens with zero attached hydrogens (tertiary/aromatic N) is 3. The first-order valence-corrected chi connectivity index (χ1v) is 8.61. The van der Waals surface area contributed by atoms with E-state index in [-0.39, 0.29) is 11.8 Å². The van der Waals surface area contributed by atoms with Crippen molar-refractivity contribution in [2.24, 2.45) is 0 Å². The van der Waals surface area contributed by atoms with Gasteiger partial charge in [0, 0.05) is 24.5 Å². The van der Waals surface area contributed by atoms with Crippen LogP contribution >= 0.6 is 0 Å². The van der Waals surface area contributed by atoms with E-state index in [1.54, 1.807) is 11.0 Å². The molecule has 0 saturated carbocycles. The Labute approximate surface area is 159 Å². The highest BCUT2D eigenvalue weighted by molar-refractivity contribution is 5.89. The Morgan fingerprint density at radius 3 is 2.71 bits per heavy atom. The number of alkyl halides is 3. The van der Waals surface area contributed by atoms with E-state index >= 15 is 0 Å². The van der Waals surface area contributed by atoms with Crippen molar-refractivity contribution < 1.29 is 22.7 Å². The summed E-state index contributed by atoms with van der Waals surface area (Å²) in [4.78, 5) is 18.0. The van der Waals surface area contributed by atoms with Crippen LogP contribution in [0.1, 0.15) is 24.0 Å². The molecule has 0 aliphatic carbocycles. The van der Waals surface area contributed by atoms with E-state index in [1.807, 2.05) is 6.07 Å². The molecule has 1 fully saturated rings. The number of carbonyl (C=O) groups is 1. The Morgan fingerprint density at radius 2 is 2.04 bits per heavy atom. The Hall–Kier alpha value is -3.28. The molecule has 9 heteroatoms. The molecule has 0 unspecified atom stereocenters. The van der Waals surface area contributed by atoms with Crippen molar-refractivity contribution in [1.82, 2.24) is 9.88 Å². The van der Waals surface area contributed by atoms with Crippen LogP contribution in [0.5, 0.6) is 5.88 Å². The summed E-state index contributed by atoms with van der Waals surface area (Å²) in [5, 5.41) is 11.5. The van der Waals surface area contributed by atoms with Crippen LogP contribution in [0.2, 0.25) is 0 Å². The summed E-state index contributed by atoms with van der Waals surface area (Å²) >= 11 is 0. The molecule has 1 aliphatic rings. The lowest BCUT2D eigenvalue weighted by atomic mass is 10.1. The summed E-state index contributed by atoms with van der Waals surface area (Å²) in [5.74, 6) is 0.314. The van der Waals surface area contributed by atoms with Crippen molar-refractivity contribution in [3.8, 4) is 11.9 Å². The molecule has 1 atom stereocenters. The smallest absolute Gasteiger partial charge is 0.416 e. The van der Waals surface area contributed by atoms with Crippen LogP contribution in [0.15, 0.2) is 42.6 Å². The molecule has 1 aliphatic heterocycles. The van der Waals surface area contributed by atoms with Crippen LogP contribution < -0.4 is 10.1 Å². The number of urea groups is 1. The largest absolute Gasteiger partial charge is 0.472 e. The lowest BCUT2D eigenvalue weighted by molar-refractivity contribution is -0.137. The minimum Gasteiger partial charge on any atom is -0.472 e. The Balaban J connectivity index is 1.59. The third-order valence-electron chi connectivity index (χ3n) is 4.28. The maximum atomic E-state index is 12.6. The average Bonchev–Trinajstić information content (AvgIpc) is 2.68.